The Labute approximate surface area is 60.6 Å². The first kappa shape index (κ1) is 7.32. The summed E-state index contributed by atoms with van der Waals surface area (Å²) in [7, 11) is 0. The van der Waals surface area contributed by atoms with Crippen LogP contribution in [0.4, 0.5) is 0 Å². The molecule has 2 heteroatoms. The van der Waals surface area contributed by atoms with Gasteiger partial charge in [0.05, 0.1) is 5.41 Å². The molecule has 2 nitrogen and oxygen atoms in total. The van der Waals surface area contributed by atoms with Gasteiger partial charge in [0.2, 0.25) is 0 Å². The molecule has 0 saturated heterocycles. The molecule has 1 fully saturated rings. The summed E-state index contributed by atoms with van der Waals surface area (Å²) in [6.45, 7) is 5.50. The van der Waals surface area contributed by atoms with Crippen molar-refractivity contribution in [3.05, 3.63) is 12.7 Å². The molecule has 1 aliphatic carbocycles. The first-order chi connectivity index (χ1) is 4.63. The third kappa shape index (κ3) is 0.838. The molecular weight excluding hydrogens is 128 g/mol. The highest BCUT2D eigenvalue weighted by molar-refractivity contribution is 5.78. The maximum absolute atomic E-state index is 10.6. The van der Waals surface area contributed by atoms with E-state index in [1.54, 1.807) is 6.08 Å². The zero-order chi connectivity index (χ0) is 7.78. The second-order valence-electron chi connectivity index (χ2n) is 2.99. The van der Waals surface area contributed by atoms with Crippen molar-refractivity contribution < 1.29 is 9.90 Å². The summed E-state index contributed by atoms with van der Waals surface area (Å²) in [6.07, 6.45) is 3.35. The molecule has 0 aliphatic heterocycles. The molecule has 0 radical (unpaired) electrons. The fourth-order valence-electron chi connectivity index (χ4n) is 1.22. The van der Waals surface area contributed by atoms with Gasteiger partial charge < -0.3 is 5.11 Å². The van der Waals surface area contributed by atoms with E-state index in [-0.39, 0.29) is 5.92 Å². The lowest BCUT2D eigenvalue weighted by molar-refractivity contribution is -0.144. The topological polar surface area (TPSA) is 37.3 Å². The molecule has 1 aliphatic rings. The zero-order valence-corrected chi connectivity index (χ0v) is 6.13. The molecule has 1 unspecified atom stereocenters. The molecule has 0 spiro atoms. The van der Waals surface area contributed by atoms with Crippen LogP contribution >= 0.6 is 0 Å². The van der Waals surface area contributed by atoms with E-state index in [4.69, 9.17) is 5.11 Å². The predicted octanol–water partition coefficient (Wildman–Crippen LogP) is 1.67. The number of hydrogen-bond acceptors (Lipinski definition) is 1. The molecule has 10 heavy (non-hydrogen) atoms. The SMILES string of the molecule is C=CC(C)C1(C(=O)O)CC1. The van der Waals surface area contributed by atoms with E-state index in [9.17, 15) is 4.79 Å². The van der Waals surface area contributed by atoms with Gasteiger partial charge in [-0.05, 0) is 18.8 Å². The van der Waals surface area contributed by atoms with Gasteiger partial charge in [-0.15, -0.1) is 6.58 Å². The summed E-state index contributed by atoms with van der Waals surface area (Å²) in [6, 6.07) is 0. The predicted molar refractivity (Wildman–Crippen MR) is 38.7 cm³/mol. The summed E-state index contributed by atoms with van der Waals surface area (Å²) < 4.78 is 0. The highest BCUT2D eigenvalue weighted by Gasteiger charge is 2.53. The van der Waals surface area contributed by atoms with Crippen LogP contribution in [0.15, 0.2) is 12.7 Å². The van der Waals surface area contributed by atoms with Crippen molar-refractivity contribution >= 4 is 5.97 Å². The fraction of sp³-hybridized carbons (Fsp3) is 0.625. The lowest BCUT2D eigenvalue weighted by atomic mass is 9.91. The monoisotopic (exact) mass is 140 g/mol. The van der Waals surface area contributed by atoms with Gasteiger partial charge in [0, 0.05) is 0 Å². The van der Waals surface area contributed by atoms with E-state index in [0.29, 0.717) is 0 Å². The van der Waals surface area contributed by atoms with Crippen LogP contribution in [-0.2, 0) is 4.79 Å². The maximum atomic E-state index is 10.6. The molecular formula is C8H12O2. The Morgan fingerprint density at radius 3 is 2.40 bits per heavy atom. The van der Waals surface area contributed by atoms with Crippen molar-refractivity contribution in [2.24, 2.45) is 11.3 Å². The smallest absolute Gasteiger partial charge is 0.310 e. The van der Waals surface area contributed by atoms with Crippen LogP contribution in [0.5, 0.6) is 0 Å². The Bertz CT molecular complexity index is 168. The van der Waals surface area contributed by atoms with Crippen LogP contribution in [-0.4, -0.2) is 11.1 Å². The van der Waals surface area contributed by atoms with Crippen LogP contribution in [0.25, 0.3) is 0 Å². The molecule has 1 rings (SSSR count). The molecule has 1 saturated carbocycles. The Morgan fingerprint density at radius 2 is 2.30 bits per heavy atom. The Hall–Kier alpha value is -0.790. The molecule has 0 bridgehead atoms. The highest BCUT2D eigenvalue weighted by Crippen LogP contribution is 2.52. The second kappa shape index (κ2) is 2.11. The number of allylic oxidation sites excluding steroid dienone is 1. The summed E-state index contributed by atoms with van der Waals surface area (Å²) in [5.41, 5.74) is -0.443. The van der Waals surface area contributed by atoms with Gasteiger partial charge in [0.25, 0.3) is 0 Å². The minimum atomic E-state index is -0.667. The van der Waals surface area contributed by atoms with E-state index in [0.717, 1.165) is 12.8 Å². The molecule has 0 heterocycles. The van der Waals surface area contributed by atoms with E-state index in [1.165, 1.54) is 0 Å². The van der Waals surface area contributed by atoms with Crippen molar-refractivity contribution in [3.8, 4) is 0 Å². The number of aliphatic carboxylic acids is 1. The van der Waals surface area contributed by atoms with E-state index >= 15 is 0 Å². The van der Waals surface area contributed by atoms with Crippen molar-refractivity contribution in [1.29, 1.82) is 0 Å². The lowest BCUT2D eigenvalue weighted by Crippen LogP contribution is -2.21. The van der Waals surface area contributed by atoms with Gasteiger partial charge in [0.15, 0.2) is 0 Å². The summed E-state index contributed by atoms with van der Waals surface area (Å²) in [5, 5.41) is 8.76. The summed E-state index contributed by atoms with van der Waals surface area (Å²) in [4.78, 5) is 10.6. The molecule has 0 aromatic heterocycles. The number of hydrogen-bond donors (Lipinski definition) is 1. The minimum absolute atomic E-state index is 0.116. The van der Waals surface area contributed by atoms with Crippen molar-refractivity contribution in [3.63, 3.8) is 0 Å². The number of carbonyl (C=O) groups is 1. The average Bonchev–Trinajstić information content (AvgIpc) is 2.65. The highest BCUT2D eigenvalue weighted by atomic mass is 16.4. The molecule has 0 aromatic carbocycles. The zero-order valence-electron chi connectivity index (χ0n) is 6.13. The Balaban J connectivity index is 2.68. The van der Waals surface area contributed by atoms with E-state index in [2.05, 4.69) is 6.58 Å². The summed E-state index contributed by atoms with van der Waals surface area (Å²) >= 11 is 0. The molecule has 0 aromatic rings. The van der Waals surface area contributed by atoms with Gasteiger partial charge >= 0.3 is 5.97 Å². The lowest BCUT2D eigenvalue weighted by Gasteiger charge is -2.13. The van der Waals surface area contributed by atoms with Crippen LogP contribution in [0.3, 0.4) is 0 Å². The molecule has 1 atom stereocenters. The van der Waals surface area contributed by atoms with Crippen LogP contribution in [0, 0.1) is 11.3 Å². The van der Waals surface area contributed by atoms with Gasteiger partial charge in [0.1, 0.15) is 0 Å². The molecule has 1 N–H and O–H groups in total. The third-order valence-electron chi connectivity index (χ3n) is 2.44. The summed E-state index contributed by atoms with van der Waals surface area (Å²) in [5.74, 6) is -0.551. The number of rotatable bonds is 3. The fourth-order valence-corrected chi connectivity index (χ4v) is 1.22. The van der Waals surface area contributed by atoms with Crippen molar-refractivity contribution in [1.82, 2.24) is 0 Å². The first-order valence-corrected chi connectivity index (χ1v) is 3.49. The Kier molecular flexibility index (Phi) is 1.55. The van der Waals surface area contributed by atoms with E-state index in [1.807, 2.05) is 6.92 Å². The maximum Gasteiger partial charge on any atom is 0.310 e. The van der Waals surface area contributed by atoms with Crippen LogP contribution < -0.4 is 0 Å². The quantitative estimate of drug-likeness (QED) is 0.605. The van der Waals surface area contributed by atoms with Gasteiger partial charge in [-0.25, -0.2) is 0 Å². The van der Waals surface area contributed by atoms with Crippen LogP contribution in [0.1, 0.15) is 19.8 Å². The Morgan fingerprint density at radius 1 is 1.80 bits per heavy atom. The minimum Gasteiger partial charge on any atom is -0.481 e. The number of carboxylic acids is 1. The van der Waals surface area contributed by atoms with E-state index < -0.39 is 11.4 Å². The van der Waals surface area contributed by atoms with Gasteiger partial charge in [-0.3, -0.25) is 4.79 Å². The molecule has 0 amide bonds. The van der Waals surface area contributed by atoms with Gasteiger partial charge in [-0.2, -0.15) is 0 Å². The normalized spacial score (nSPS) is 23.3. The second-order valence-corrected chi connectivity index (χ2v) is 2.99. The van der Waals surface area contributed by atoms with Crippen molar-refractivity contribution in [2.75, 3.05) is 0 Å². The largest absolute Gasteiger partial charge is 0.481 e. The number of carboxylic acid groups (broad SMARTS) is 1. The average molecular weight is 140 g/mol. The standard InChI is InChI=1S/C8H12O2/c1-3-6(2)8(4-5-8)7(9)10/h3,6H,1,4-5H2,2H3,(H,9,10). The van der Waals surface area contributed by atoms with Crippen LogP contribution in [0.2, 0.25) is 0 Å². The van der Waals surface area contributed by atoms with Crippen molar-refractivity contribution in [2.45, 2.75) is 19.8 Å². The molecule has 56 valence electrons. The first-order valence-electron chi connectivity index (χ1n) is 3.49. The third-order valence-corrected chi connectivity index (χ3v) is 2.44. The van der Waals surface area contributed by atoms with Gasteiger partial charge in [-0.1, -0.05) is 13.0 Å².